The molecule has 0 atom stereocenters. The molecular weight excluding hydrogens is 304 g/mol. The molecule has 0 unspecified atom stereocenters. The van der Waals surface area contributed by atoms with Gasteiger partial charge in [-0.05, 0) is 22.8 Å². The van der Waals surface area contributed by atoms with E-state index in [2.05, 4.69) is 6.07 Å². The van der Waals surface area contributed by atoms with Gasteiger partial charge in [-0.15, -0.1) is 0 Å². The molecule has 0 saturated carbocycles. The Morgan fingerprint density at radius 2 is 1.57 bits per heavy atom. The van der Waals surface area contributed by atoms with E-state index < -0.39 is 0 Å². The predicted octanol–water partition coefficient (Wildman–Crippen LogP) is 4.49. The second-order valence-electron chi connectivity index (χ2n) is 4.61. The van der Waals surface area contributed by atoms with E-state index in [0.717, 1.165) is 27.7 Å². The van der Waals surface area contributed by atoms with Gasteiger partial charge < -0.3 is 4.74 Å². The van der Waals surface area contributed by atoms with E-state index in [4.69, 9.17) is 16.3 Å². The van der Waals surface area contributed by atoms with Crippen molar-refractivity contribution in [2.75, 3.05) is 7.11 Å². The van der Waals surface area contributed by atoms with E-state index in [1.54, 1.807) is 11.8 Å². The number of methoxy groups -OCH3 is 1. The molecule has 0 aromatic heterocycles. The molecule has 2 nitrogen and oxygen atoms in total. The maximum absolute atomic E-state index is 11.4. The number of hydrogen-bond acceptors (Lipinski definition) is 3. The minimum Gasteiger partial charge on any atom is -0.469 e. The van der Waals surface area contributed by atoms with Crippen LogP contribution in [0.25, 0.3) is 0 Å². The number of ether oxygens (including phenoxy) is 1. The first-order valence-corrected chi connectivity index (χ1v) is 8.18. The van der Waals surface area contributed by atoms with Gasteiger partial charge in [0.15, 0.2) is 0 Å². The van der Waals surface area contributed by atoms with Crippen LogP contribution in [0.15, 0.2) is 48.5 Å². The number of halogens is 1. The fraction of sp³-hybridized carbons (Fsp3) is 0.235. The molecule has 0 spiro atoms. The van der Waals surface area contributed by atoms with Gasteiger partial charge in [0.2, 0.25) is 0 Å². The Balaban J connectivity index is 1.97. The fourth-order valence-electron chi connectivity index (χ4n) is 1.98. The Morgan fingerprint density at radius 3 is 2.24 bits per heavy atom. The molecule has 0 fully saturated rings. The van der Waals surface area contributed by atoms with Crippen LogP contribution in [0, 0.1) is 0 Å². The molecule has 2 aromatic carbocycles. The van der Waals surface area contributed by atoms with Crippen LogP contribution in [-0.4, -0.2) is 13.1 Å². The monoisotopic (exact) mass is 320 g/mol. The van der Waals surface area contributed by atoms with Crippen LogP contribution in [0.4, 0.5) is 0 Å². The molecule has 110 valence electrons. The van der Waals surface area contributed by atoms with Gasteiger partial charge in [0.25, 0.3) is 0 Å². The van der Waals surface area contributed by atoms with Gasteiger partial charge in [-0.25, -0.2) is 0 Å². The molecule has 2 rings (SSSR count). The van der Waals surface area contributed by atoms with Gasteiger partial charge in [-0.1, -0.05) is 54.1 Å². The molecule has 4 heteroatoms. The highest BCUT2D eigenvalue weighted by atomic mass is 35.5. The standard InChI is InChI=1S/C17H17ClO2S/c1-20-17(19)10-13-6-2-3-7-14(13)11-21-12-15-8-4-5-9-16(15)18/h2-9H,10-12H2,1H3. The van der Waals surface area contributed by atoms with Crippen LogP contribution in [0.2, 0.25) is 5.02 Å². The van der Waals surface area contributed by atoms with Crippen molar-refractivity contribution in [1.82, 2.24) is 0 Å². The quantitative estimate of drug-likeness (QED) is 0.734. The summed E-state index contributed by atoms with van der Waals surface area (Å²) in [5.74, 6) is 1.49. The minimum atomic E-state index is -0.210. The summed E-state index contributed by atoms with van der Waals surface area (Å²) in [4.78, 5) is 11.4. The summed E-state index contributed by atoms with van der Waals surface area (Å²) in [6.45, 7) is 0. The number of thioether (sulfide) groups is 1. The molecular formula is C17H17ClO2S. The Labute approximate surface area is 134 Å². The zero-order chi connectivity index (χ0) is 15.1. The summed E-state index contributed by atoms with van der Waals surface area (Å²) in [7, 11) is 1.41. The highest BCUT2D eigenvalue weighted by molar-refractivity contribution is 7.97. The summed E-state index contributed by atoms with van der Waals surface area (Å²) in [5.41, 5.74) is 3.32. The number of hydrogen-bond donors (Lipinski definition) is 0. The second kappa shape index (κ2) is 8.11. The van der Waals surface area contributed by atoms with Crippen molar-refractivity contribution in [3.8, 4) is 0 Å². The second-order valence-corrected chi connectivity index (χ2v) is 6.00. The molecule has 0 bridgehead atoms. The number of rotatable bonds is 6. The number of carbonyl (C=O) groups excluding carboxylic acids is 1. The van der Waals surface area contributed by atoms with Crippen molar-refractivity contribution < 1.29 is 9.53 Å². The molecule has 0 radical (unpaired) electrons. The summed E-state index contributed by atoms with van der Waals surface area (Å²) < 4.78 is 4.74. The lowest BCUT2D eigenvalue weighted by molar-refractivity contribution is -0.139. The molecule has 0 aliphatic heterocycles. The van der Waals surface area contributed by atoms with Crippen molar-refractivity contribution in [1.29, 1.82) is 0 Å². The fourth-order valence-corrected chi connectivity index (χ4v) is 3.34. The van der Waals surface area contributed by atoms with E-state index in [0.29, 0.717) is 6.42 Å². The van der Waals surface area contributed by atoms with Crippen LogP contribution in [0.3, 0.4) is 0 Å². The smallest absolute Gasteiger partial charge is 0.309 e. The lowest BCUT2D eigenvalue weighted by Gasteiger charge is -2.09. The number of carbonyl (C=O) groups is 1. The van der Waals surface area contributed by atoms with Crippen LogP contribution in [-0.2, 0) is 27.5 Å². The molecule has 0 saturated heterocycles. The number of esters is 1. The van der Waals surface area contributed by atoms with Gasteiger partial charge in [-0.2, -0.15) is 11.8 Å². The van der Waals surface area contributed by atoms with Crippen molar-refractivity contribution in [2.45, 2.75) is 17.9 Å². The van der Waals surface area contributed by atoms with Gasteiger partial charge in [-0.3, -0.25) is 4.79 Å². The first-order chi connectivity index (χ1) is 10.2. The zero-order valence-corrected chi connectivity index (χ0v) is 13.4. The Morgan fingerprint density at radius 1 is 1.00 bits per heavy atom. The van der Waals surface area contributed by atoms with Gasteiger partial charge >= 0.3 is 5.97 Å². The predicted molar refractivity (Wildman–Crippen MR) is 88.6 cm³/mol. The molecule has 21 heavy (non-hydrogen) atoms. The third kappa shape index (κ3) is 4.80. The van der Waals surface area contributed by atoms with Crippen LogP contribution >= 0.6 is 23.4 Å². The van der Waals surface area contributed by atoms with Crippen LogP contribution in [0.5, 0.6) is 0 Å². The first kappa shape index (κ1) is 15.9. The zero-order valence-electron chi connectivity index (χ0n) is 11.8. The molecule has 2 aromatic rings. The average molecular weight is 321 g/mol. The van der Waals surface area contributed by atoms with Gasteiger partial charge in [0, 0.05) is 16.5 Å². The Hall–Kier alpha value is -1.45. The highest BCUT2D eigenvalue weighted by Crippen LogP contribution is 2.24. The average Bonchev–Trinajstić information content (AvgIpc) is 2.50. The van der Waals surface area contributed by atoms with E-state index in [1.807, 2.05) is 42.5 Å². The molecule has 0 N–H and O–H groups in total. The largest absolute Gasteiger partial charge is 0.469 e. The van der Waals surface area contributed by atoms with Gasteiger partial charge in [0.05, 0.1) is 13.5 Å². The van der Waals surface area contributed by atoms with Gasteiger partial charge in [0.1, 0.15) is 0 Å². The molecule has 0 heterocycles. The SMILES string of the molecule is COC(=O)Cc1ccccc1CSCc1ccccc1Cl. The summed E-state index contributed by atoms with van der Waals surface area (Å²) in [6, 6.07) is 15.8. The van der Waals surface area contributed by atoms with Crippen LogP contribution < -0.4 is 0 Å². The molecule has 0 aliphatic rings. The normalized spacial score (nSPS) is 10.4. The maximum atomic E-state index is 11.4. The minimum absolute atomic E-state index is 0.210. The summed E-state index contributed by atoms with van der Waals surface area (Å²) in [5, 5.41) is 0.799. The van der Waals surface area contributed by atoms with Crippen LogP contribution in [0.1, 0.15) is 16.7 Å². The topological polar surface area (TPSA) is 26.3 Å². The lowest BCUT2D eigenvalue weighted by Crippen LogP contribution is -2.06. The Bertz CT molecular complexity index is 613. The van der Waals surface area contributed by atoms with E-state index >= 15 is 0 Å². The van der Waals surface area contributed by atoms with Crippen molar-refractivity contribution >= 4 is 29.3 Å². The molecule has 0 aliphatic carbocycles. The summed E-state index contributed by atoms with van der Waals surface area (Å²) >= 11 is 7.94. The van der Waals surface area contributed by atoms with E-state index in [9.17, 15) is 4.79 Å². The third-order valence-electron chi connectivity index (χ3n) is 3.15. The lowest BCUT2D eigenvalue weighted by atomic mass is 10.1. The summed E-state index contributed by atoms with van der Waals surface area (Å²) in [6.07, 6.45) is 0.319. The number of benzene rings is 2. The maximum Gasteiger partial charge on any atom is 0.309 e. The third-order valence-corrected chi connectivity index (χ3v) is 4.55. The van der Waals surface area contributed by atoms with Crippen molar-refractivity contribution in [2.24, 2.45) is 0 Å². The highest BCUT2D eigenvalue weighted by Gasteiger charge is 2.08. The Kier molecular flexibility index (Phi) is 6.15. The molecule has 0 amide bonds. The van der Waals surface area contributed by atoms with E-state index in [1.165, 1.54) is 12.7 Å². The van der Waals surface area contributed by atoms with Crippen molar-refractivity contribution in [3.05, 3.63) is 70.2 Å². The van der Waals surface area contributed by atoms with E-state index in [-0.39, 0.29) is 5.97 Å². The van der Waals surface area contributed by atoms with Crippen molar-refractivity contribution in [3.63, 3.8) is 0 Å². The first-order valence-electron chi connectivity index (χ1n) is 6.65.